The van der Waals surface area contributed by atoms with Crippen LogP contribution in [-0.4, -0.2) is 63.8 Å². The number of amides is 1. The zero-order valence-corrected chi connectivity index (χ0v) is 12.1. The van der Waals surface area contributed by atoms with E-state index in [-0.39, 0.29) is 6.29 Å². The zero-order valence-electron chi connectivity index (χ0n) is 12.1. The Hall–Kier alpha value is -1.14. The minimum absolute atomic E-state index is 0.0648. The summed E-state index contributed by atoms with van der Waals surface area (Å²) in [4.78, 5) is 16.7. The number of ether oxygens (including phenoxy) is 2. The van der Waals surface area contributed by atoms with E-state index < -0.39 is 0 Å². The first-order chi connectivity index (χ1) is 9.21. The van der Waals surface area contributed by atoms with Crippen LogP contribution in [0.5, 0.6) is 0 Å². The number of nitrogens with zero attached hydrogens (tertiary/aromatic N) is 2. The standard InChI is InChI=1S/C9H15N3O.C4H10O2/c13-7-12-5-1-8(2-6-12)9-10-3-4-11-9;1-4(5-2)6-3/h7-8H,1-6H2,(H,10,11);4H,1-3H3. The largest absolute Gasteiger partial charge is 0.372 e. The molecule has 0 spiro atoms. The number of likely N-dealkylation sites (tertiary alicyclic amines) is 1. The molecule has 2 heterocycles. The molecule has 0 aliphatic carbocycles. The molecule has 1 fully saturated rings. The van der Waals surface area contributed by atoms with Crippen LogP contribution in [0.4, 0.5) is 0 Å². The molecular formula is C13H25N3O3. The molecule has 1 N–H and O–H groups in total. The van der Waals surface area contributed by atoms with Gasteiger partial charge in [0.25, 0.3) is 0 Å². The first-order valence-corrected chi connectivity index (χ1v) is 6.74. The molecule has 2 aliphatic heterocycles. The van der Waals surface area contributed by atoms with Gasteiger partial charge in [0.1, 0.15) is 0 Å². The van der Waals surface area contributed by atoms with Gasteiger partial charge in [-0.15, -0.1) is 0 Å². The van der Waals surface area contributed by atoms with Gasteiger partial charge in [-0.1, -0.05) is 0 Å². The lowest BCUT2D eigenvalue weighted by molar-refractivity contribution is -0.119. The average Bonchev–Trinajstić information content (AvgIpc) is 3.01. The number of hydrogen-bond acceptors (Lipinski definition) is 5. The molecule has 0 aromatic rings. The van der Waals surface area contributed by atoms with Crippen molar-refractivity contribution in [3.8, 4) is 0 Å². The third-order valence-electron chi connectivity index (χ3n) is 3.43. The number of amidine groups is 1. The molecule has 0 aromatic heterocycles. The Balaban J connectivity index is 0.000000258. The maximum Gasteiger partial charge on any atom is 0.209 e. The number of methoxy groups -OCH3 is 2. The minimum atomic E-state index is -0.0648. The van der Waals surface area contributed by atoms with Crippen LogP contribution < -0.4 is 5.32 Å². The van der Waals surface area contributed by atoms with Crippen molar-refractivity contribution in [2.24, 2.45) is 10.9 Å². The van der Waals surface area contributed by atoms with Crippen LogP contribution in [0.1, 0.15) is 19.8 Å². The Morgan fingerprint density at radius 2 is 2.00 bits per heavy atom. The molecule has 1 amide bonds. The molecule has 0 atom stereocenters. The molecular weight excluding hydrogens is 246 g/mol. The van der Waals surface area contributed by atoms with Crippen molar-refractivity contribution in [1.29, 1.82) is 0 Å². The van der Waals surface area contributed by atoms with Gasteiger partial charge >= 0.3 is 0 Å². The van der Waals surface area contributed by atoms with Crippen molar-refractivity contribution in [3.63, 3.8) is 0 Å². The fourth-order valence-electron chi connectivity index (χ4n) is 2.06. The molecule has 0 bridgehead atoms. The van der Waals surface area contributed by atoms with Crippen molar-refractivity contribution < 1.29 is 14.3 Å². The Kier molecular flexibility index (Phi) is 7.43. The molecule has 110 valence electrons. The Bertz CT molecular complexity index is 285. The van der Waals surface area contributed by atoms with E-state index in [1.807, 2.05) is 11.8 Å². The van der Waals surface area contributed by atoms with E-state index in [0.717, 1.165) is 45.4 Å². The summed E-state index contributed by atoms with van der Waals surface area (Å²) in [5.41, 5.74) is 0. The van der Waals surface area contributed by atoms with Gasteiger partial charge in [-0.2, -0.15) is 0 Å². The highest BCUT2D eigenvalue weighted by Crippen LogP contribution is 2.17. The molecule has 6 nitrogen and oxygen atoms in total. The third-order valence-corrected chi connectivity index (χ3v) is 3.43. The van der Waals surface area contributed by atoms with Crippen LogP contribution in [0, 0.1) is 5.92 Å². The predicted octanol–water partition coefficient (Wildman–Crippen LogP) is 0.482. The van der Waals surface area contributed by atoms with Crippen LogP contribution in [0.15, 0.2) is 4.99 Å². The van der Waals surface area contributed by atoms with Crippen molar-refractivity contribution >= 4 is 12.2 Å². The summed E-state index contributed by atoms with van der Waals surface area (Å²) in [7, 11) is 3.21. The Labute approximate surface area is 115 Å². The van der Waals surface area contributed by atoms with E-state index in [2.05, 4.69) is 19.8 Å². The van der Waals surface area contributed by atoms with Crippen molar-refractivity contribution in [2.75, 3.05) is 40.4 Å². The van der Waals surface area contributed by atoms with Gasteiger partial charge < -0.3 is 19.7 Å². The second-order valence-electron chi connectivity index (χ2n) is 4.65. The van der Waals surface area contributed by atoms with Crippen LogP contribution in [0.25, 0.3) is 0 Å². The SMILES string of the molecule is COC(C)OC.O=CN1CCC(C2=NCCN2)CC1. The molecule has 0 saturated carbocycles. The predicted molar refractivity (Wildman–Crippen MR) is 74.1 cm³/mol. The summed E-state index contributed by atoms with van der Waals surface area (Å²) < 4.78 is 9.35. The van der Waals surface area contributed by atoms with Crippen molar-refractivity contribution in [2.45, 2.75) is 26.1 Å². The number of nitrogens with one attached hydrogen (secondary N) is 1. The third kappa shape index (κ3) is 5.57. The first-order valence-electron chi connectivity index (χ1n) is 6.74. The van der Waals surface area contributed by atoms with E-state index in [1.165, 1.54) is 5.84 Å². The lowest BCUT2D eigenvalue weighted by Gasteiger charge is -2.29. The minimum Gasteiger partial charge on any atom is -0.372 e. The Morgan fingerprint density at radius 3 is 2.37 bits per heavy atom. The molecule has 6 heteroatoms. The maximum absolute atomic E-state index is 10.5. The first kappa shape index (κ1) is 15.9. The van der Waals surface area contributed by atoms with Gasteiger partial charge in [0.05, 0.1) is 12.4 Å². The van der Waals surface area contributed by atoms with Crippen LogP contribution in [-0.2, 0) is 14.3 Å². The van der Waals surface area contributed by atoms with Gasteiger partial charge in [-0.3, -0.25) is 9.79 Å². The topological polar surface area (TPSA) is 63.2 Å². The van der Waals surface area contributed by atoms with Gasteiger partial charge in [0.15, 0.2) is 6.29 Å². The van der Waals surface area contributed by atoms with Gasteiger partial charge in [-0.05, 0) is 19.8 Å². The molecule has 0 aromatic carbocycles. The zero-order chi connectivity index (χ0) is 14.1. The fourth-order valence-corrected chi connectivity index (χ4v) is 2.06. The van der Waals surface area contributed by atoms with E-state index >= 15 is 0 Å². The van der Waals surface area contributed by atoms with Gasteiger partial charge in [0, 0.05) is 39.8 Å². The number of hydrogen-bond donors (Lipinski definition) is 1. The van der Waals surface area contributed by atoms with Crippen molar-refractivity contribution in [1.82, 2.24) is 10.2 Å². The fraction of sp³-hybridized carbons (Fsp3) is 0.846. The maximum atomic E-state index is 10.5. The number of piperidine rings is 1. The number of aliphatic imine (C=N–C) groups is 1. The number of carbonyl (C=O) groups is 1. The molecule has 19 heavy (non-hydrogen) atoms. The lowest BCUT2D eigenvalue weighted by Crippen LogP contribution is -2.38. The molecule has 2 aliphatic rings. The monoisotopic (exact) mass is 271 g/mol. The smallest absolute Gasteiger partial charge is 0.209 e. The van der Waals surface area contributed by atoms with E-state index in [9.17, 15) is 4.79 Å². The second-order valence-corrected chi connectivity index (χ2v) is 4.65. The van der Waals surface area contributed by atoms with Gasteiger partial charge in [-0.25, -0.2) is 0 Å². The summed E-state index contributed by atoms with van der Waals surface area (Å²) >= 11 is 0. The summed E-state index contributed by atoms with van der Waals surface area (Å²) in [5.74, 6) is 1.74. The normalized spacial score (nSPS) is 19.6. The lowest BCUT2D eigenvalue weighted by atomic mass is 9.96. The molecule has 0 radical (unpaired) electrons. The molecule has 1 saturated heterocycles. The van der Waals surface area contributed by atoms with Crippen LogP contribution >= 0.6 is 0 Å². The Morgan fingerprint density at radius 1 is 1.37 bits per heavy atom. The number of carbonyl (C=O) groups excluding carboxylic acids is 1. The highest BCUT2D eigenvalue weighted by atomic mass is 16.7. The highest BCUT2D eigenvalue weighted by Gasteiger charge is 2.23. The number of rotatable bonds is 4. The summed E-state index contributed by atoms with van der Waals surface area (Å²) in [6.07, 6.45) is 3.00. The van der Waals surface area contributed by atoms with Gasteiger partial charge in [0.2, 0.25) is 6.41 Å². The second kappa shape index (κ2) is 8.87. The molecule has 0 unspecified atom stereocenters. The van der Waals surface area contributed by atoms with Crippen LogP contribution in [0.3, 0.4) is 0 Å². The van der Waals surface area contributed by atoms with E-state index in [4.69, 9.17) is 0 Å². The highest BCUT2D eigenvalue weighted by molar-refractivity contribution is 5.86. The average molecular weight is 271 g/mol. The molecule has 2 rings (SSSR count). The summed E-state index contributed by atoms with van der Waals surface area (Å²) in [6, 6.07) is 0. The summed E-state index contributed by atoms with van der Waals surface area (Å²) in [6.45, 7) is 5.51. The van der Waals surface area contributed by atoms with Crippen LogP contribution in [0.2, 0.25) is 0 Å². The van der Waals surface area contributed by atoms with Crippen molar-refractivity contribution in [3.05, 3.63) is 0 Å². The summed E-state index contributed by atoms with van der Waals surface area (Å²) in [5, 5.41) is 3.30. The van der Waals surface area contributed by atoms with E-state index in [1.54, 1.807) is 14.2 Å². The quantitative estimate of drug-likeness (QED) is 0.597. The van der Waals surface area contributed by atoms with E-state index in [0.29, 0.717) is 5.92 Å².